The first-order chi connectivity index (χ1) is 12.5. The molecule has 2 aromatic heterocycles. The fourth-order valence-corrected chi connectivity index (χ4v) is 3.04. The zero-order chi connectivity index (χ0) is 18.5. The highest BCUT2D eigenvalue weighted by molar-refractivity contribution is 7.14. The van der Waals surface area contributed by atoms with Gasteiger partial charge in [0, 0.05) is 23.5 Å². The summed E-state index contributed by atoms with van der Waals surface area (Å²) >= 11 is 1.25. The zero-order valence-electron chi connectivity index (χ0n) is 14.3. The lowest BCUT2D eigenvalue weighted by molar-refractivity contribution is -0.115. The predicted molar refractivity (Wildman–Crippen MR) is 100 cm³/mol. The number of aryl methyl sites for hydroxylation is 2. The average Bonchev–Trinajstić information content (AvgIpc) is 3.05. The number of hydrogen-bond acceptors (Lipinski definition) is 6. The number of carbonyl (C=O) groups excluding carboxylic acids is 2. The molecule has 0 unspecified atom stereocenters. The molecule has 2 heterocycles. The molecule has 1 aromatic carbocycles. The zero-order valence-corrected chi connectivity index (χ0v) is 15.1. The summed E-state index contributed by atoms with van der Waals surface area (Å²) in [6, 6.07) is 5.85. The van der Waals surface area contributed by atoms with E-state index in [0.29, 0.717) is 10.8 Å². The van der Waals surface area contributed by atoms with Crippen molar-refractivity contribution >= 4 is 34.0 Å². The fourth-order valence-electron chi connectivity index (χ4n) is 2.34. The van der Waals surface area contributed by atoms with Crippen molar-refractivity contribution in [1.29, 1.82) is 0 Å². The van der Waals surface area contributed by atoms with Crippen molar-refractivity contribution in [2.24, 2.45) is 0 Å². The monoisotopic (exact) mass is 367 g/mol. The summed E-state index contributed by atoms with van der Waals surface area (Å²) in [4.78, 5) is 36.3. The van der Waals surface area contributed by atoms with Gasteiger partial charge in [0.05, 0.1) is 18.3 Å². The number of anilines is 2. The Bertz CT molecular complexity index is 940. The lowest BCUT2D eigenvalue weighted by atomic mass is 10.1. The second-order valence-electron chi connectivity index (χ2n) is 5.73. The lowest BCUT2D eigenvalue weighted by Gasteiger charge is -2.08. The van der Waals surface area contributed by atoms with Crippen molar-refractivity contribution in [3.63, 3.8) is 0 Å². The molecule has 0 radical (unpaired) electrons. The van der Waals surface area contributed by atoms with Crippen molar-refractivity contribution in [3.05, 3.63) is 64.7 Å². The summed E-state index contributed by atoms with van der Waals surface area (Å²) in [5.41, 5.74) is 3.73. The van der Waals surface area contributed by atoms with Crippen LogP contribution < -0.4 is 10.6 Å². The highest BCUT2D eigenvalue weighted by Gasteiger charge is 2.12. The molecule has 8 heteroatoms. The van der Waals surface area contributed by atoms with Gasteiger partial charge in [-0.15, -0.1) is 11.3 Å². The highest BCUT2D eigenvalue weighted by atomic mass is 32.1. The van der Waals surface area contributed by atoms with Crippen LogP contribution in [0.4, 0.5) is 10.8 Å². The molecule has 0 fully saturated rings. The number of nitrogens with one attached hydrogen (secondary N) is 2. The third kappa shape index (κ3) is 4.48. The number of nitrogens with zero attached hydrogens (tertiary/aromatic N) is 3. The Morgan fingerprint density at radius 3 is 2.73 bits per heavy atom. The normalized spacial score (nSPS) is 10.4. The van der Waals surface area contributed by atoms with Gasteiger partial charge in [-0.3, -0.25) is 19.9 Å². The molecule has 0 bridgehead atoms. The van der Waals surface area contributed by atoms with Gasteiger partial charge < -0.3 is 5.32 Å². The Kier molecular flexibility index (Phi) is 5.33. The number of benzene rings is 1. The standard InChI is InChI=1S/C18H17N5O2S/c1-11-3-4-14(12(2)7-11)22-16(24)8-13-10-26-18(21-13)23-17(25)15-9-19-5-6-20-15/h3-7,9-10H,8H2,1-2H3,(H,22,24)(H,21,23,25). The summed E-state index contributed by atoms with van der Waals surface area (Å²) in [6.45, 7) is 3.95. The topological polar surface area (TPSA) is 96.9 Å². The minimum absolute atomic E-state index is 0.130. The van der Waals surface area contributed by atoms with Gasteiger partial charge in [0.2, 0.25) is 5.91 Å². The summed E-state index contributed by atoms with van der Waals surface area (Å²) < 4.78 is 0. The summed E-state index contributed by atoms with van der Waals surface area (Å²) in [5.74, 6) is -0.548. The maximum Gasteiger partial charge on any atom is 0.277 e. The van der Waals surface area contributed by atoms with Gasteiger partial charge in [-0.2, -0.15) is 0 Å². The van der Waals surface area contributed by atoms with Crippen LogP contribution in [0.25, 0.3) is 0 Å². The average molecular weight is 367 g/mol. The molecule has 0 saturated carbocycles. The molecular formula is C18H17N5O2S. The molecule has 0 saturated heterocycles. The molecule has 2 N–H and O–H groups in total. The van der Waals surface area contributed by atoms with Gasteiger partial charge in [0.15, 0.2) is 5.13 Å². The third-order valence-electron chi connectivity index (χ3n) is 3.57. The molecule has 26 heavy (non-hydrogen) atoms. The van der Waals surface area contributed by atoms with Crippen LogP contribution in [0, 0.1) is 13.8 Å². The summed E-state index contributed by atoms with van der Waals surface area (Å²) in [5, 5.41) is 7.69. The van der Waals surface area contributed by atoms with Gasteiger partial charge in [0.25, 0.3) is 5.91 Å². The largest absolute Gasteiger partial charge is 0.326 e. The second-order valence-corrected chi connectivity index (χ2v) is 6.59. The van der Waals surface area contributed by atoms with Crippen molar-refractivity contribution in [1.82, 2.24) is 15.0 Å². The molecule has 0 atom stereocenters. The fraction of sp³-hybridized carbons (Fsp3) is 0.167. The molecular weight excluding hydrogens is 350 g/mol. The van der Waals surface area contributed by atoms with Crippen molar-refractivity contribution in [2.45, 2.75) is 20.3 Å². The number of aromatic nitrogens is 3. The summed E-state index contributed by atoms with van der Waals surface area (Å²) in [7, 11) is 0. The number of thiazole rings is 1. The number of rotatable bonds is 5. The van der Waals surface area contributed by atoms with E-state index in [1.807, 2.05) is 32.0 Å². The van der Waals surface area contributed by atoms with Crippen molar-refractivity contribution < 1.29 is 9.59 Å². The molecule has 3 rings (SSSR count). The molecule has 2 amide bonds. The van der Waals surface area contributed by atoms with Crippen LogP contribution in [0.1, 0.15) is 27.3 Å². The van der Waals surface area contributed by atoms with E-state index in [0.717, 1.165) is 16.8 Å². The van der Waals surface area contributed by atoms with Crippen LogP contribution in [0.2, 0.25) is 0 Å². The smallest absolute Gasteiger partial charge is 0.277 e. The molecule has 132 valence electrons. The van der Waals surface area contributed by atoms with Gasteiger partial charge in [-0.1, -0.05) is 17.7 Å². The van der Waals surface area contributed by atoms with Gasteiger partial charge in [-0.25, -0.2) is 9.97 Å². The maximum absolute atomic E-state index is 12.2. The van der Waals surface area contributed by atoms with E-state index in [1.165, 1.54) is 29.9 Å². The van der Waals surface area contributed by atoms with Crippen LogP contribution in [0.15, 0.2) is 42.2 Å². The number of amides is 2. The van der Waals surface area contributed by atoms with Crippen molar-refractivity contribution in [2.75, 3.05) is 10.6 Å². The molecule has 0 spiro atoms. The Balaban J connectivity index is 1.59. The van der Waals surface area contributed by atoms with Crippen LogP contribution >= 0.6 is 11.3 Å². The van der Waals surface area contributed by atoms with Crippen LogP contribution in [0.5, 0.6) is 0 Å². The lowest BCUT2D eigenvalue weighted by Crippen LogP contribution is -2.16. The molecule has 3 aromatic rings. The van der Waals surface area contributed by atoms with E-state index in [1.54, 1.807) is 5.38 Å². The van der Waals surface area contributed by atoms with Gasteiger partial charge >= 0.3 is 0 Å². The van der Waals surface area contributed by atoms with E-state index in [9.17, 15) is 9.59 Å². The Hall–Kier alpha value is -3.13. The first-order valence-electron chi connectivity index (χ1n) is 7.90. The van der Waals surface area contributed by atoms with Crippen LogP contribution in [-0.2, 0) is 11.2 Å². The molecule has 0 aliphatic heterocycles. The first kappa shape index (κ1) is 17.7. The Labute approximate surface area is 154 Å². The number of carbonyl (C=O) groups is 2. The Morgan fingerprint density at radius 2 is 2.00 bits per heavy atom. The molecule has 7 nitrogen and oxygen atoms in total. The minimum Gasteiger partial charge on any atom is -0.326 e. The molecule has 0 aliphatic rings. The van der Waals surface area contributed by atoms with E-state index in [4.69, 9.17) is 0 Å². The van der Waals surface area contributed by atoms with Crippen LogP contribution in [-0.4, -0.2) is 26.8 Å². The number of hydrogen-bond donors (Lipinski definition) is 2. The second kappa shape index (κ2) is 7.83. The van der Waals surface area contributed by atoms with Crippen LogP contribution in [0.3, 0.4) is 0 Å². The van der Waals surface area contributed by atoms with E-state index in [-0.39, 0.29) is 18.0 Å². The third-order valence-corrected chi connectivity index (χ3v) is 4.37. The quantitative estimate of drug-likeness (QED) is 0.723. The molecule has 0 aliphatic carbocycles. The van der Waals surface area contributed by atoms with Gasteiger partial charge in [0.1, 0.15) is 5.69 Å². The maximum atomic E-state index is 12.2. The predicted octanol–water partition coefficient (Wildman–Crippen LogP) is 2.98. The van der Waals surface area contributed by atoms with Crippen molar-refractivity contribution in [3.8, 4) is 0 Å². The minimum atomic E-state index is -0.390. The Morgan fingerprint density at radius 1 is 1.15 bits per heavy atom. The van der Waals surface area contributed by atoms with E-state index >= 15 is 0 Å². The van der Waals surface area contributed by atoms with E-state index in [2.05, 4.69) is 25.6 Å². The van der Waals surface area contributed by atoms with E-state index < -0.39 is 5.91 Å². The SMILES string of the molecule is Cc1ccc(NC(=O)Cc2csc(NC(=O)c3cnccn3)n2)c(C)c1. The summed E-state index contributed by atoms with van der Waals surface area (Å²) in [6.07, 6.45) is 4.44. The van der Waals surface area contributed by atoms with Gasteiger partial charge in [-0.05, 0) is 25.5 Å². The highest BCUT2D eigenvalue weighted by Crippen LogP contribution is 2.19. The first-order valence-corrected chi connectivity index (χ1v) is 8.78.